The average molecular weight is 453 g/mol. The zero-order valence-electron chi connectivity index (χ0n) is 19.6. The highest BCUT2D eigenvalue weighted by molar-refractivity contribution is 5.85. The molecule has 2 aliphatic rings. The number of hydrogen-bond acceptors (Lipinski definition) is 3. The summed E-state index contributed by atoms with van der Waals surface area (Å²) in [7, 11) is 1.52. The minimum Gasteiger partial charge on any atom is -0.369 e. The van der Waals surface area contributed by atoms with E-state index < -0.39 is 5.60 Å². The van der Waals surface area contributed by atoms with Crippen molar-refractivity contribution in [3.05, 3.63) is 59.9 Å². The van der Waals surface area contributed by atoms with E-state index >= 15 is 0 Å². The number of nitrogens with zero attached hydrogens (tertiary/aromatic N) is 1. The number of likely N-dealkylation sites (tertiary alicyclic amines) is 1. The summed E-state index contributed by atoms with van der Waals surface area (Å²) in [5.41, 5.74) is 1.87. The van der Waals surface area contributed by atoms with Gasteiger partial charge in [-0.3, -0.25) is 9.59 Å². The molecular formula is C27H33FN2O3. The minimum absolute atomic E-state index is 0.107. The number of nitrogens with one attached hydrogen (secondary N) is 1. The molecule has 5 nitrogen and oxygen atoms in total. The van der Waals surface area contributed by atoms with Crippen LogP contribution in [0.4, 0.5) is 4.39 Å². The Labute approximate surface area is 195 Å². The number of ether oxygens (including phenoxy) is 1. The predicted molar refractivity (Wildman–Crippen MR) is 126 cm³/mol. The molecule has 6 heteroatoms. The predicted octanol–water partition coefficient (Wildman–Crippen LogP) is 4.35. The highest BCUT2D eigenvalue weighted by atomic mass is 19.1. The van der Waals surface area contributed by atoms with Crippen LogP contribution in [0.25, 0.3) is 11.1 Å². The smallest absolute Gasteiger partial charge is 0.251 e. The van der Waals surface area contributed by atoms with Crippen LogP contribution in [0.15, 0.2) is 48.5 Å². The summed E-state index contributed by atoms with van der Waals surface area (Å²) < 4.78 is 19.1. The van der Waals surface area contributed by atoms with Crippen molar-refractivity contribution in [2.45, 2.75) is 63.6 Å². The second kappa shape index (κ2) is 9.64. The number of benzene rings is 2. The lowest BCUT2D eigenvalue weighted by molar-refractivity contribution is -0.142. The Kier molecular flexibility index (Phi) is 6.84. The fourth-order valence-corrected chi connectivity index (χ4v) is 4.66. The first kappa shape index (κ1) is 23.4. The molecular weight excluding hydrogens is 419 g/mol. The lowest BCUT2D eigenvalue weighted by atomic mass is 9.84. The summed E-state index contributed by atoms with van der Waals surface area (Å²) in [6.45, 7) is 4.13. The molecule has 0 bridgehead atoms. The molecule has 2 atom stereocenters. The summed E-state index contributed by atoms with van der Waals surface area (Å²) in [5.74, 6) is -0.132. The minimum atomic E-state index is -0.937. The van der Waals surface area contributed by atoms with E-state index in [-0.39, 0.29) is 35.6 Å². The highest BCUT2D eigenvalue weighted by Crippen LogP contribution is 2.33. The Balaban J connectivity index is 1.58. The van der Waals surface area contributed by atoms with E-state index in [1.807, 2.05) is 29.2 Å². The molecule has 33 heavy (non-hydrogen) atoms. The van der Waals surface area contributed by atoms with Crippen LogP contribution in [0.1, 0.15) is 45.1 Å². The van der Waals surface area contributed by atoms with E-state index in [1.165, 1.54) is 19.2 Å². The van der Waals surface area contributed by atoms with E-state index in [4.69, 9.17) is 4.74 Å². The monoisotopic (exact) mass is 452 g/mol. The quantitative estimate of drug-likeness (QED) is 0.680. The van der Waals surface area contributed by atoms with Gasteiger partial charge in [-0.15, -0.1) is 0 Å². The molecule has 0 radical (unpaired) electrons. The summed E-state index contributed by atoms with van der Waals surface area (Å²) in [6.07, 6.45) is 4.35. The Morgan fingerprint density at radius 3 is 2.42 bits per heavy atom. The van der Waals surface area contributed by atoms with Gasteiger partial charge in [0.1, 0.15) is 11.4 Å². The van der Waals surface area contributed by atoms with Gasteiger partial charge in [-0.2, -0.15) is 0 Å². The summed E-state index contributed by atoms with van der Waals surface area (Å²) in [5, 5.41) is 3.15. The molecule has 1 saturated heterocycles. The number of carbonyl (C=O) groups excluding carboxylic acids is 2. The van der Waals surface area contributed by atoms with Gasteiger partial charge in [-0.1, -0.05) is 42.8 Å². The Morgan fingerprint density at radius 2 is 1.79 bits per heavy atom. The van der Waals surface area contributed by atoms with Crippen LogP contribution in [0.5, 0.6) is 0 Å². The van der Waals surface area contributed by atoms with Gasteiger partial charge in [-0.05, 0) is 68.4 Å². The number of amides is 2. The van der Waals surface area contributed by atoms with E-state index in [0.717, 1.165) is 42.4 Å². The lowest BCUT2D eigenvalue weighted by Crippen LogP contribution is -2.54. The number of halogens is 1. The lowest BCUT2D eigenvalue weighted by Gasteiger charge is -2.35. The summed E-state index contributed by atoms with van der Waals surface area (Å²) in [6, 6.07) is 14.3. The van der Waals surface area contributed by atoms with Gasteiger partial charge in [0, 0.05) is 19.6 Å². The van der Waals surface area contributed by atoms with Crippen molar-refractivity contribution in [1.82, 2.24) is 10.2 Å². The maximum atomic E-state index is 13.7. The molecule has 1 N–H and O–H groups in total. The van der Waals surface area contributed by atoms with Crippen molar-refractivity contribution in [2.75, 3.05) is 13.7 Å². The SMILES string of the molecule is COC(C)(C)C(=O)N[C@@H]1CCN(C(=O)C2CCC2)[C@@H]1Cc1cccc(-c2cccc(F)c2)c1. The number of methoxy groups -OCH3 is 1. The molecule has 2 amide bonds. The van der Waals surface area contributed by atoms with Crippen molar-refractivity contribution < 1.29 is 18.7 Å². The van der Waals surface area contributed by atoms with Crippen LogP contribution >= 0.6 is 0 Å². The molecule has 0 aromatic heterocycles. The maximum Gasteiger partial charge on any atom is 0.251 e. The molecule has 1 aliphatic heterocycles. The van der Waals surface area contributed by atoms with Gasteiger partial charge in [-0.25, -0.2) is 4.39 Å². The molecule has 2 aromatic rings. The van der Waals surface area contributed by atoms with Crippen LogP contribution in [0.3, 0.4) is 0 Å². The third-order valence-electron chi connectivity index (χ3n) is 7.19. The summed E-state index contributed by atoms with van der Waals surface area (Å²) >= 11 is 0. The van der Waals surface area contributed by atoms with Gasteiger partial charge in [0.15, 0.2) is 0 Å². The van der Waals surface area contributed by atoms with Gasteiger partial charge >= 0.3 is 0 Å². The van der Waals surface area contributed by atoms with Crippen molar-refractivity contribution in [2.24, 2.45) is 5.92 Å². The molecule has 0 unspecified atom stereocenters. The van der Waals surface area contributed by atoms with Gasteiger partial charge in [0.25, 0.3) is 5.91 Å². The number of hydrogen-bond donors (Lipinski definition) is 1. The Bertz CT molecular complexity index is 1020. The van der Waals surface area contributed by atoms with Crippen molar-refractivity contribution in [3.63, 3.8) is 0 Å². The first-order valence-corrected chi connectivity index (χ1v) is 11.8. The second-order valence-electron chi connectivity index (χ2n) is 9.72. The van der Waals surface area contributed by atoms with Crippen molar-refractivity contribution >= 4 is 11.8 Å². The first-order chi connectivity index (χ1) is 15.8. The van der Waals surface area contributed by atoms with Crippen LogP contribution in [-0.2, 0) is 20.7 Å². The number of carbonyl (C=O) groups is 2. The van der Waals surface area contributed by atoms with Crippen molar-refractivity contribution in [3.8, 4) is 11.1 Å². The topological polar surface area (TPSA) is 58.6 Å². The fraction of sp³-hybridized carbons (Fsp3) is 0.481. The number of rotatable bonds is 7. The fourth-order valence-electron chi connectivity index (χ4n) is 4.66. The molecule has 0 spiro atoms. The van der Waals surface area contributed by atoms with Crippen molar-refractivity contribution in [1.29, 1.82) is 0 Å². The van der Waals surface area contributed by atoms with Gasteiger partial charge < -0.3 is 15.0 Å². The molecule has 2 fully saturated rings. The van der Waals surface area contributed by atoms with E-state index in [0.29, 0.717) is 13.0 Å². The standard InChI is InChI=1S/C27H33FN2O3/c1-27(2,33-3)26(32)29-23-13-14-30(25(31)19-8-5-9-19)24(23)16-18-7-4-10-20(15-18)21-11-6-12-22(28)17-21/h4,6-7,10-12,15,17,19,23-24H,5,8-9,13-14,16H2,1-3H3,(H,29,32)/t23-,24-/m1/s1. The van der Waals surface area contributed by atoms with E-state index in [9.17, 15) is 14.0 Å². The highest BCUT2D eigenvalue weighted by Gasteiger charge is 2.42. The Hall–Kier alpha value is -2.73. The molecule has 176 valence electrons. The summed E-state index contributed by atoms with van der Waals surface area (Å²) in [4.78, 5) is 28.0. The second-order valence-corrected chi connectivity index (χ2v) is 9.72. The van der Waals surface area contributed by atoms with Gasteiger partial charge in [0.2, 0.25) is 5.91 Å². The van der Waals surface area contributed by atoms with E-state index in [1.54, 1.807) is 19.9 Å². The van der Waals surface area contributed by atoms with Crippen LogP contribution < -0.4 is 5.32 Å². The van der Waals surface area contributed by atoms with Crippen LogP contribution in [0.2, 0.25) is 0 Å². The molecule has 1 heterocycles. The molecule has 1 saturated carbocycles. The van der Waals surface area contributed by atoms with Gasteiger partial charge in [0.05, 0.1) is 12.1 Å². The Morgan fingerprint density at radius 1 is 1.09 bits per heavy atom. The maximum absolute atomic E-state index is 13.7. The third-order valence-corrected chi connectivity index (χ3v) is 7.19. The molecule has 4 rings (SSSR count). The zero-order valence-corrected chi connectivity index (χ0v) is 19.6. The normalized spacial score (nSPS) is 21.0. The van der Waals surface area contributed by atoms with E-state index in [2.05, 4.69) is 11.4 Å². The zero-order chi connectivity index (χ0) is 23.6. The molecule has 2 aromatic carbocycles. The molecule has 1 aliphatic carbocycles. The third kappa shape index (κ3) is 5.11. The van der Waals surface area contributed by atoms with Crippen LogP contribution in [0, 0.1) is 11.7 Å². The first-order valence-electron chi connectivity index (χ1n) is 11.8. The van der Waals surface area contributed by atoms with Crippen LogP contribution in [-0.4, -0.2) is 48.1 Å². The average Bonchev–Trinajstić information content (AvgIpc) is 3.14. The largest absolute Gasteiger partial charge is 0.369 e.